The third-order valence-electron chi connectivity index (χ3n) is 4.19. The lowest BCUT2D eigenvalue weighted by molar-refractivity contribution is -0.0864. The molecule has 110 valence electrons. The van der Waals surface area contributed by atoms with Gasteiger partial charge in [0, 0.05) is 25.0 Å². The molecular formula is C15H22N2O3. The highest BCUT2D eigenvalue weighted by molar-refractivity contribution is 5.93. The molecule has 0 radical (unpaired) electrons. The molecule has 1 aromatic heterocycles. The summed E-state index contributed by atoms with van der Waals surface area (Å²) < 4.78 is 5.94. The van der Waals surface area contributed by atoms with Crippen molar-refractivity contribution in [3.8, 4) is 0 Å². The highest BCUT2D eigenvalue weighted by Crippen LogP contribution is 2.33. The van der Waals surface area contributed by atoms with Crippen LogP contribution in [0.15, 0.2) is 18.5 Å². The van der Waals surface area contributed by atoms with Crippen molar-refractivity contribution in [1.82, 2.24) is 4.98 Å². The van der Waals surface area contributed by atoms with Gasteiger partial charge in [0.05, 0.1) is 11.3 Å². The van der Waals surface area contributed by atoms with Gasteiger partial charge in [0.15, 0.2) is 0 Å². The van der Waals surface area contributed by atoms with E-state index in [9.17, 15) is 9.90 Å². The second kappa shape index (κ2) is 6.22. The highest BCUT2D eigenvalue weighted by Gasteiger charge is 2.34. The average Bonchev–Trinajstić information content (AvgIpc) is 2.47. The number of aromatic carboxylic acids is 1. The minimum absolute atomic E-state index is 0.0770. The van der Waals surface area contributed by atoms with Gasteiger partial charge in [-0.2, -0.15) is 0 Å². The Kier molecular flexibility index (Phi) is 4.60. The van der Waals surface area contributed by atoms with Crippen LogP contribution in [0.2, 0.25) is 0 Å². The van der Waals surface area contributed by atoms with Gasteiger partial charge < -0.3 is 15.2 Å². The van der Waals surface area contributed by atoms with E-state index >= 15 is 0 Å². The zero-order valence-electron chi connectivity index (χ0n) is 12.1. The van der Waals surface area contributed by atoms with Crippen molar-refractivity contribution in [3.05, 3.63) is 24.0 Å². The van der Waals surface area contributed by atoms with Crippen LogP contribution in [-0.4, -0.2) is 34.3 Å². The number of carboxylic acid groups (broad SMARTS) is 1. The molecule has 2 N–H and O–H groups in total. The van der Waals surface area contributed by atoms with Gasteiger partial charge >= 0.3 is 5.97 Å². The Hall–Kier alpha value is -1.62. The molecular weight excluding hydrogens is 256 g/mol. The van der Waals surface area contributed by atoms with Crippen molar-refractivity contribution < 1.29 is 14.6 Å². The number of rotatable bonds is 5. The summed E-state index contributed by atoms with van der Waals surface area (Å²) in [4.78, 5) is 15.1. The second-order valence-electron chi connectivity index (χ2n) is 5.30. The number of ether oxygens (including phenoxy) is 1. The van der Waals surface area contributed by atoms with Gasteiger partial charge in [-0.25, -0.2) is 4.79 Å². The number of pyridine rings is 1. The molecule has 1 aliphatic rings. The largest absolute Gasteiger partial charge is 0.478 e. The standard InChI is InChI=1S/C15H22N2O3/c1-3-15(4-2)9-11(6-8-20-15)17-13-5-7-16-10-12(13)14(18)19/h5,7,10-11H,3-4,6,8-9H2,1-2H3,(H,16,17)(H,18,19). The highest BCUT2D eigenvalue weighted by atomic mass is 16.5. The third-order valence-corrected chi connectivity index (χ3v) is 4.19. The molecule has 1 aliphatic heterocycles. The molecule has 0 aliphatic carbocycles. The molecule has 1 aromatic rings. The summed E-state index contributed by atoms with van der Waals surface area (Å²) >= 11 is 0. The summed E-state index contributed by atoms with van der Waals surface area (Å²) in [5.41, 5.74) is 0.782. The average molecular weight is 278 g/mol. The number of anilines is 1. The molecule has 1 fully saturated rings. The number of nitrogens with one attached hydrogen (secondary N) is 1. The minimum atomic E-state index is -0.954. The van der Waals surface area contributed by atoms with Crippen LogP contribution in [0.25, 0.3) is 0 Å². The lowest BCUT2D eigenvalue weighted by atomic mass is 9.86. The van der Waals surface area contributed by atoms with Crippen molar-refractivity contribution in [2.45, 2.75) is 51.2 Å². The quantitative estimate of drug-likeness (QED) is 0.866. The van der Waals surface area contributed by atoms with Gasteiger partial charge in [-0.1, -0.05) is 13.8 Å². The fourth-order valence-electron chi connectivity index (χ4n) is 2.80. The Morgan fingerprint density at radius 3 is 2.95 bits per heavy atom. The molecule has 5 nitrogen and oxygen atoms in total. The van der Waals surface area contributed by atoms with E-state index in [0.717, 1.165) is 25.7 Å². The van der Waals surface area contributed by atoms with Gasteiger partial charge in [-0.15, -0.1) is 0 Å². The lowest BCUT2D eigenvalue weighted by Gasteiger charge is -2.40. The van der Waals surface area contributed by atoms with Gasteiger partial charge in [0.1, 0.15) is 5.56 Å². The Morgan fingerprint density at radius 2 is 2.30 bits per heavy atom. The predicted molar refractivity (Wildman–Crippen MR) is 77.1 cm³/mol. The number of hydrogen-bond acceptors (Lipinski definition) is 4. The zero-order valence-corrected chi connectivity index (χ0v) is 12.1. The van der Waals surface area contributed by atoms with Crippen molar-refractivity contribution in [2.24, 2.45) is 0 Å². The molecule has 2 rings (SSSR count). The van der Waals surface area contributed by atoms with E-state index in [1.165, 1.54) is 6.20 Å². The maximum atomic E-state index is 11.2. The monoisotopic (exact) mass is 278 g/mol. The van der Waals surface area contributed by atoms with Gasteiger partial charge in [-0.05, 0) is 31.7 Å². The third kappa shape index (κ3) is 3.10. The van der Waals surface area contributed by atoms with E-state index in [1.807, 2.05) is 0 Å². The van der Waals surface area contributed by atoms with Crippen LogP contribution in [0.5, 0.6) is 0 Å². The maximum absolute atomic E-state index is 11.2. The van der Waals surface area contributed by atoms with Crippen molar-refractivity contribution in [1.29, 1.82) is 0 Å². The van der Waals surface area contributed by atoms with Crippen molar-refractivity contribution in [2.75, 3.05) is 11.9 Å². The molecule has 0 aromatic carbocycles. The SMILES string of the molecule is CCC1(CC)CC(Nc2ccncc2C(=O)O)CCO1. The molecule has 0 amide bonds. The van der Waals surface area contributed by atoms with E-state index in [2.05, 4.69) is 24.1 Å². The van der Waals surface area contributed by atoms with E-state index < -0.39 is 5.97 Å². The molecule has 1 saturated heterocycles. The van der Waals surface area contributed by atoms with E-state index in [4.69, 9.17) is 4.74 Å². The molecule has 0 bridgehead atoms. The molecule has 0 spiro atoms. The number of nitrogens with zero attached hydrogens (tertiary/aromatic N) is 1. The number of aromatic nitrogens is 1. The Labute approximate surface area is 119 Å². The fourth-order valence-corrected chi connectivity index (χ4v) is 2.80. The van der Waals surface area contributed by atoms with E-state index in [1.54, 1.807) is 12.3 Å². The normalized spacial score (nSPS) is 21.4. The van der Waals surface area contributed by atoms with Crippen LogP contribution in [0.3, 0.4) is 0 Å². The molecule has 2 heterocycles. The number of carbonyl (C=O) groups is 1. The van der Waals surface area contributed by atoms with E-state index in [0.29, 0.717) is 12.3 Å². The first kappa shape index (κ1) is 14.8. The maximum Gasteiger partial charge on any atom is 0.339 e. The molecule has 0 saturated carbocycles. The first-order valence-corrected chi connectivity index (χ1v) is 7.18. The first-order valence-electron chi connectivity index (χ1n) is 7.18. The summed E-state index contributed by atoms with van der Waals surface area (Å²) in [7, 11) is 0. The Bertz CT molecular complexity index is 472. The van der Waals surface area contributed by atoms with Gasteiger partial charge in [0.2, 0.25) is 0 Å². The lowest BCUT2D eigenvalue weighted by Crippen LogP contribution is -2.43. The van der Waals surface area contributed by atoms with Crippen LogP contribution >= 0.6 is 0 Å². The van der Waals surface area contributed by atoms with Crippen molar-refractivity contribution >= 4 is 11.7 Å². The molecule has 1 atom stereocenters. The second-order valence-corrected chi connectivity index (χ2v) is 5.30. The molecule has 5 heteroatoms. The van der Waals surface area contributed by atoms with Crippen LogP contribution in [0.1, 0.15) is 49.9 Å². The summed E-state index contributed by atoms with van der Waals surface area (Å²) in [6.07, 6.45) is 6.75. The summed E-state index contributed by atoms with van der Waals surface area (Å²) in [6.45, 7) is 4.99. The molecule has 1 unspecified atom stereocenters. The van der Waals surface area contributed by atoms with Crippen molar-refractivity contribution in [3.63, 3.8) is 0 Å². The fraction of sp³-hybridized carbons (Fsp3) is 0.600. The van der Waals surface area contributed by atoms with Crippen LogP contribution in [0.4, 0.5) is 5.69 Å². The zero-order chi connectivity index (χ0) is 14.6. The van der Waals surface area contributed by atoms with Crippen LogP contribution in [0, 0.1) is 0 Å². The summed E-state index contributed by atoms with van der Waals surface area (Å²) in [5, 5.41) is 12.5. The topological polar surface area (TPSA) is 71.5 Å². The smallest absolute Gasteiger partial charge is 0.339 e. The van der Waals surface area contributed by atoms with Crippen LogP contribution in [-0.2, 0) is 4.74 Å². The van der Waals surface area contributed by atoms with E-state index in [-0.39, 0.29) is 17.2 Å². The summed E-state index contributed by atoms with van der Waals surface area (Å²) in [6, 6.07) is 1.96. The number of hydrogen-bond donors (Lipinski definition) is 2. The minimum Gasteiger partial charge on any atom is -0.478 e. The number of carboxylic acids is 1. The van der Waals surface area contributed by atoms with Crippen LogP contribution < -0.4 is 5.32 Å². The van der Waals surface area contributed by atoms with Gasteiger partial charge in [0.25, 0.3) is 0 Å². The Balaban J connectivity index is 2.12. The molecule has 20 heavy (non-hydrogen) atoms. The first-order chi connectivity index (χ1) is 9.60. The Morgan fingerprint density at radius 1 is 1.55 bits per heavy atom. The van der Waals surface area contributed by atoms with Gasteiger partial charge in [-0.3, -0.25) is 4.98 Å². The summed E-state index contributed by atoms with van der Waals surface area (Å²) in [5.74, 6) is -0.954. The predicted octanol–water partition coefficient (Wildman–Crippen LogP) is 2.93.